The molecule has 2 aliphatic heterocycles. The summed E-state index contributed by atoms with van der Waals surface area (Å²) >= 11 is 0. The van der Waals surface area contributed by atoms with E-state index >= 15 is 0 Å². The van der Waals surface area contributed by atoms with Gasteiger partial charge in [0.15, 0.2) is 0 Å². The van der Waals surface area contributed by atoms with Crippen LogP contribution in [0.2, 0.25) is 0 Å². The van der Waals surface area contributed by atoms with Crippen LogP contribution in [-0.4, -0.2) is 34.8 Å². The molecule has 2 heterocycles. The van der Waals surface area contributed by atoms with E-state index in [2.05, 4.69) is 31.3 Å². The van der Waals surface area contributed by atoms with Crippen LogP contribution in [0.5, 0.6) is 0 Å². The van der Waals surface area contributed by atoms with E-state index in [-0.39, 0.29) is 30.3 Å². The van der Waals surface area contributed by atoms with Crippen LogP contribution in [0.4, 0.5) is 5.69 Å². The molecule has 2 aliphatic rings. The molecule has 1 N–H and O–H groups in total. The van der Waals surface area contributed by atoms with Gasteiger partial charge in [0.2, 0.25) is 11.8 Å². The first-order valence-corrected chi connectivity index (χ1v) is 10.9. The van der Waals surface area contributed by atoms with Crippen LogP contribution in [0.3, 0.4) is 0 Å². The van der Waals surface area contributed by atoms with Crippen LogP contribution in [-0.2, 0) is 9.59 Å². The minimum Gasteiger partial charge on any atom is -0.348 e. The van der Waals surface area contributed by atoms with Crippen molar-refractivity contribution in [2.75, 3.05) is 11.4 Å². The predicted molar refractivity (Wildman–Crippen MR) is 120 cm³/mol. The van der Waals surface area contributed by atoms with Gasteiger partial charge in [-0.05, 0) is 49.4 Å². The number of hydrogen-bond acceptors (Lipinski definition) is 3. The molecule has 0 aliphatic carbocycles. The lowest BCUT2D eigenvalue weighted by atomic mass is 9.98. The molecule has 2 atom stereocenters. The van der Waals surface area contributed by atoms with Gasteiger partial charge in [-0.2, -0.15) is 0 Å². The Hall–Kier alpha value is -3.15. The number of carbonyl (C=O) groups excluding carboxylic acids is 3. The molecular formula is C25H29N3O3. The summed E-state index contributed by atoms with van der Waals surface area (Å²) in [7, 11) is 0. The Bertz CT molecular complexity index is 1030. The summed E-state index contributed by atoms with van der Waals surface area (Å²) in [5.41, 5.74) is 2.52. The molecule has 4 rings (SSSR count). The van der Waals surface area contributed by atoms with Gasteiger partial charge in [0.25, 0.3) is 5.91 Å². The molecule has 0 saturated carbocycles. The first-order valence-electron chi connectivity index (χ1n) is 10.9. The number of nitrogens with one attached hydrogen (secondary N) is 1. The van der Waals surface area contributed by atoms with Crippen LogP contribution in [0, 0.1) is 0 Å². The van der Waals surface area contributed by atoms with Crippen LogP contribution in [0.25, 0.3) is 0 Å². The number of rotatable bonds is 5. The fraction of sp³-hybridized carbons (Fsp3) is 0.400. The highest BCUT2D eigenvalue weighted by Crippen LogP contribution is 2.43. The van der Waals surface area contributed by atoms with Crippen LogP contribution >= 0.6 is 0 Å². The Balaban J connectivity index is 1.53. The standard InChI is InChI=1S/C25H29N3O3/c1-16(2)18-9-11-19(12-10-18)17(3)26-22(29)15-27-24(31)20-7-5-6-8-21(20)28-23(30)13-14-25(27,28)4/h5-12,16-17H,13-15H2,1-4H3,(H,26,29). The fourth-order valence-corrected chi connectivity index (χ4v) is 4.62. The van der Waals surface area contributed by atoms with Crippen molar-refractivity contribution in [2.24, 2.45) is 0 Å². The lowest BCUT2D eigenvalue weighted by Crippen LogP contribution is -2.63. The third-order valence-electron chi connectivity index (χ3n) is 6.53. The summed E-state index contributed by atoms with van der Waals surface area (Å²) in [6, 6.07) is 15.2. The van der Waals surface area contributed by atoms with Gasteiger partial charge in [-0.3, -0.25) is 19.3 Å². The summed E-state index contributed by atoms with van der Waals surface area (Å²) in [6.07, 6.45) is 0.861. The first-order chi connectivity index (χ1) is 14.7. The van der Waals surface area contributed by atoms with E-state index in [0.717, 1.165) is 5.56 Å². The molecule has 0 spiro atoms. The van der Waals surface area contributed by atoms with Gasteiger partial charge in [0.05, 0.1) is 17.3 Å². The maximum atomic E-state index is 13.3. The van der Waals surface area contributed by atoms with Gasteiger partial charge >= 0.3 is 0 Å². The number of anilines is 1. The molecule has 0 aromatic heterocycles. The summed E-state index contributed by atoms with van der Waals surface area (Å²) in [4.78, 5) is 42.1. The monoisotopic (exact) mass is 419 g/mol. The minimum atomic E-state index is -0.831. The second-order valence-corrected chi connectivity index (χ2v) is 8.97. The van der Waals surface area contributed by atoms with Crippen molar-refractivity contribution in [2.45, 2.75) is 58.2 Å². The number of carbonyl (C=O) groups is 3. The molecule has 2 aromatic rings. The zero-order valence-electron chi connectivity index (χ0n) is 18.5. The molecule has 6 nitrogen and oxygen atoms in total. The van der Waals surface area contributed by atoms with Crippen LogP contribution in [0.1, 0.15) is 74.0 Å². The molecule has 0 radical (unpaired) electrons. The van der Waals surface area contributed by atoms with Gasteiger partial charge in [-0.25, -0.2) is 0 Å². The molecule has 2 aromatic carbocycles. The Labute approximate surface area is 183 Å². The number of hydrogen-bond donors (Lipinski definition) is 1. The van der Waals surface area contributed by atoms with E-state index in [1.54, 1.807) is 28.0 Å². The van der Waals surface area contributed by atoms with Gasteiger partial charge in [-0.1, -0.05) is 50.2 Å². The maximum absolute atomic E-state index is 13.3. The van der Waals surface area contributed by atoms with Crippen molar-refractivity contribution in [1.82, 2.24) is 10.2 Å². The molecule has 0 bridgehead atoms. The zero-order chi connectivity index (χ0) is 22.3. The minimum absolute atomic E-state index is 0.0218. The Kier molecular flexibility index (Phi) is 5.33. The van der Waals surface area contributed by atoms with Crippen molar-refractivity contribution in [3.05, 3.63) is 65.2 Å². The number of nitrogens with zero attached hydrogens (tertiary/aromatic N) is 2. The highest BCUT2D eigenvalue weighted by Gasteiger charge is 2.53. The van der Waals surface area contributed by atoms with Crippen LogP contribution in [0.15, 0.2) is 48.5 Å². The normalized spacial score (nSPS) is 21.2. The van der Waals surface area contributed by atoms with E-state index < -0.39 is 5.66 Å². The van der Waals surface area contributed by atoms with E-state index in [4.69, 9.17) is 0 Å². The van der Waals surface area contributed by atoms with E-state index in [0.29, 0.717) is 30.0 Å². The Morgan fingerprint density at radius 1 is 1.03 bits per heavy atom. The predicted octanol–water partition coefficient (Wildman–Crippen LogP) is 3.99. The first kappa shape index (κ1) is 21.1. The van der Waals surface area contributed by atoms with Gasteiger partial charge < -0.3 is 10.2 Å². The van der Waals surface area contributed by atoms with E-state index in [1.165, 1.54) is 5.56 Å². The molecule has 6 heteroatoms. The summed E-state index contributed by atoms with van der Waals surface area (Å²) in [5.74, 6) is -0.0296. The van der Waals surface area contributed by atoms with Gasteiger partial charge in [0, 0.05) is 6.42 Å². The third kappa shape index (κ3) is 3.60. The average Bonchev–Trinajstić information content (AvgIpc) is 3.06. The van der Waals surface area contributed by atoms with Crippen LogP contribution < -0.4 is 10.2 Å². The van der Waals surface area contributed by atoms with Crippen molar-refractivity contribution in [3.8, 4) is 0 Å². The quantitative estimate of drug-likeness (QED) is 0.797. The third-order valence-corrected chi connectivity index (χ3v) is 6.53. The summed E-state index contributed by atoms with van der Waals surface area (Å²) < 4.78 is 0. The molecule has 162 valence electrons. The van der Waals surface area contributed by atoms with Crippen molar-refractivity contribution in [3.63, 3.8) is 0 Å². The summed E-state index contributed by atoms with van der Waals surface area (Å²) in [5, 5.41) is 3.01. The summed E-state index contributed by atoms with van der Waals surface area (Å²) in [6.45, 7) is 7.99. The molecule has 31 heavy (non-hydrogen) atoms. The number of para-hydroxylation sites is 1. The SMILES string of the molecule is CC(C)c1ccc(C(C)NC(=O)CN2C(=O)c3ccccc3N3C(=O)CCC23C)cc1. The van der Waals surface area contributed by atoms with E-state index in [1.807, 2.05) is 32.0 Å². The second-order valence-electron chi connectivity index (χ2n) is 8.97. The van der Waals surface area contributed by atoms with Crippen molar-refractivity contribution in [1.29, 1.82) is 0 Å². The average molecular weight is 420 g/mol. The van der Waals surface area contributed by atoms with E-state index in [9.17, 15) is 14.4 Å². The lowest BCUT2D eigenvalue weighted by molar-refractivity contribution is -0.124. The molecule has 2 unspecified atom stereocenters. The highest BCUT2D eigenvalue weighted by molar-refractivity contribution is 6.11. The zero-order valence-corrected chi connectivity index (χ0v) is 18.5. The number of fused-ring (bicyclic) bond motifs is 3. The largest absolute Gasteiger partial charge is 0.348 e. The molecule has 1 saturated heterocycles. The number of benzene rings is 2. The number of amides is 3. The Morgan fingerprint density at radius 3 is 2.35 bits per heavy atom. The lowest BCUT2D eigenvalue weighted by Gasteiger charge is -2.48. The Morgan fingerprint density at radius 2 is 1.68 bits per heavy atom. The second kappa shape index (κ2) is 7.84. The molecule has 3 amide bonds. The van der Waals surface area contributed by atoms with Crippen molar-refractivity contribution < 1.29 is 14.4 Å². The fourth-order valence-electron chi connectivity index (χ4n) is 4.62. The van der Waals surface area contributed by atoms with Crippen molar-refractivity contribution >= 4 is 23.4 Å². The highest BCUT2D eigenvalue weighted by atomic mass is 16.2. The smallest absolute Gasteiger partial charge is 0.258 e. The molecular weight excluding hydrogens is 390 g/mol. The van der Waals surface area contributed by atoms with Gasteiger partial charge in [-0.15, -0.1) is 0 Å². The maximum Gasteiger partial charge on any atom is 0.258 e. The van der Waals surface area contributed by atoms with Gasteiger partial charge in [0.1, 0.15) is 12.2 Å². The topological polar surface area (TPSA) is 69.7 Å². The molecule has 1 fully saturated rings.